The van der Waals surface area contributed by atoms with Crippen LogP contribution < -0.4 is 4.74 Å². The number of hydrogen-bond acceptors (Lipinski definition) is 3. The van der Waals surface area contributed by atoms with Gasteiger partial charge in [-0.05, 0) is 18.1 Å². The summed E-state index contributed by atoms with van der Waals surface area (Å²) in [5.41, 5.74) is 0.667. The molecule has 1 atom stereocenters. The molecule has 0 aromatic carbocycles. The van der Waals surface area contributed by atoms with Gasteiger partial charge in [0.15, 0.2) is 0 Å². The standard InChI is InChI=1S/C11H17NO2/c1-3-9(2)8-14-11-5-4-10(7-13)12-6-11/h4-6,9,13H,3,7-8H2,1-2H3. The molecule has 0 saturated heterocycles. The van der Waals surface area contributed by atoms with Crippen LogP contribution in [0.4, 0.5) is 0 Å². The molecule has 0 fully saturated rings. The smallest absolute Gasteiger partial charge is 0.137 e. The maximum atomic E-state index is 8.78. The van der Waals surface area contributed by atoms with Gasteiger partial charge in [0.25, 0.3) is 0 Å². The molecule has 0 aliphatic rings. The van der Waals surface area contributed by atoms with E-state index >= 15 is 0 Å². The Balaban J connectivity index is 2.43. The zero-order valence-electron chi connectivity index (χ0n) is 8.73. The van der Waals surface area contributed by atoms with Crippen molar-refractivity contribution in [3.05, 3.63) is 24.0 Å². The highest BCUT2D eigenvalue weighted by Gasteiger charge is 2.00. The van der Waals surface area contributed by atoms with Crippen molar-refractivity contribution in [1.82, 2.24) is 4.98 Å². The van der Waals surface area contributed by atoms with Crippen LogP contribution >= 0.6 is 0 Å². The molecule has 3 heteroatoms. The first kappa shape index (κ1) is 11.0. The quantitative estimate of drug-likeness (QED) is 0.781. The fourth-order valence-corrected chi connectivity index (χ4v) is 0.946. The predicted molar refractivity (Wildman–Crippen MR) is 55.1 cm³/mol. The summed E-state index contributed by atoms with van der Waals surface area (Å²) < 4.78 is 5.51. The van der Waals surface area contributed by atoms with Gasteiger partial charge in [0, 0.05) is 0 Å². The molecular weight excluding hydrogens is 178 g/mol. The molecule has 3 nitrogen and oxygen atoms in total. The Kier molecular flexibility index (Phi) is 4.40. The predicted octanol–water partition coefficient (Wildman–Crippen LogP) is 2.00. The van der Waals surface area contributed by atoms with Crippen LogP contribution in [0.25, 0.3) is 0 Å². The maximum Gasteiger partial charge on any atom is 0.137 e. The van der Waals surface area contributed by atoms with Gasteiger partial charge in [0.05, 0.1) is 25.1 Å². The van der Waals surface area contributed by atoms with Gasteiger partial charge in [0.2, 0.25) is 0 Å². The molecule has 1 heterocycles. The lowest BCUT2D eigenvalue weighted by Crippen LogP contribution is -2.07. The number of hydrogen-bond donors (Lipinski definition) is 1. The Hall–Kier alpha value is -1.09. The van der Waals surface area contributed by atoms with E-state index in [-0.39, 0.29) is 6.61 Å². The van der Waals surface area contributed by atoms with Crippen molar-refractivity contribution < 1.29 is 9.84 Å². The van der Waals surface area contributed by atoms with Gasteiger partial charge in [0.1, 0.15) is 5.75 Å². The minimum Gasteiger partial charge on any atom is -0.492 e. The van der Waals surface area contributed by atoms with Gasteiger partial charge in [-0.1, -0.05) is 20.3 Å². The van der Waals surface area contributed by atoms with E-state index in [0.29, 0.717) is 11.6 Å². The summed E-state index contributed by atoms with van der Waals surface area (Å²) in [5.74, 6) is 1.33. The molecule has 0 radical (unpaired) electrons. The topological polar surface area (TPSA) is 42.4 Å². The third kappa shape index (κ3) is 3.34. The van der Waals surface area contributed by atoms with E-state index in [1.165, 1.54) is 0 Å². The van der Waals surface area contributed by atoms with Crippen LogP contribution in [0.15, 0.2) is 18.3 Å². The third-order valence-electron chi connectivity index (χ3n) is 2.19. The molecule has 1 unspecified atom stereocenters. The minimum absolute atomic E-state index is 0.0222. The zero-order chi connectivity index (χ0) is 10.4. The van der Waals surface area contributed by atoms with Crippen molar-refractivity contribution in [3.63, 3.8) is 0 Å². The average molecular weight is 195 g/mol. The van der Waals surface area contributed by atoms with Crippen LogP contribution in [-0.4, -0.2) is 16.7 Å². The Morgan fingerprint density at radius 2 is 2.29 bits per heavy atom. The molecule has 1 aromatic heterocycles. The second kappa shape index (κ2) is 5.60. The van der Waals surface area contributed by atoms with E-state index < -0.39 is 0 Å². The Bertz CT molecular complexity index is 258. The molecule has 1 aromatic rings. The van der Waals surface area contributed by atoms with E-state index in [2.05, 4.69) is 18.8 Å². The third-order valence-corrected chi connectivity index (χ3v) is 2.19. The molecule has 14 heavy (non-hydrogen) atoms. The molecular formula is C11H17NO2. The lowest BCUT2D eigenvalue weighted by molar-refractivity contribution is 0.254. The monoisotopic (exact) mass is 195 g/mol. The molecule has 1 rings (SSSR count). The normalized spacial score (nSPS) is 12.5. The fourth-order valence-electron chi connectivity index (χ4n) is 0.946. The van der Waals surface area contributed by atoms with Crippen LogP contribution in [-0.2, 0) is 6.61 Å². The highest BCUT2D eigenvalue weighted by molar-refractivity contribution is 5.19. The summed E-state index contributed by atoms with van der Waals surface area (Å²) in [4.78, 5) is 4.03. The van der Waals surface area contributed by atoms with Gasteiger partial charge in [-0.25, -0.2) is 0 Å². The molecule has 0 saturated carbocycles. The average Bonchev–Trinajstić information content (AvgIpc) is 2.26. The summed E-state index contributed by atoms with van der Waals surface area (Å²) in [6.45, 7) is 4.99. The van der Waals surface area contributed by atoms with E-state index in [0.717, 1.165) is 18.8 Å². The van der Waals surface area contributed by atoms with Crippen molar-refractivity contribution in [3.8, 4) is 5.75 Å². The molecule has 1 N–H and O–H groups in total. The minimum atomic E-state index is -0.0222. The zero-order valence-corrected chi connectivity index (χ0v) is 8.73. The number of aliphatic hydroxyl groups is 1. The Morgan fingerprint density at radius 3 is 2.79 bits per heavy atom. The first-order chi connectivity index (χ1) is 6.76. The summed E-state index contributed by atoms with van der Waals surface area (Å²) in [6, 6.07) is 3.60. The van der Waals surface area contributed by atoms with Gasteiger partial charge < -0.3 is 9.84 Å². The Morgan fingerprint density at radius 1 is 1.50 bits per heavy atom. The first-order valence-electron chi connectivity index (χ1n) is 4.94. The molecule has 0 bridgehead atoms. The van der Waals surface area contributed by atoms with Crippen LogP contribution in [0, 0.1) is 5.92 Å². The highest BCUT2D eigenvalue weighted by Crippen LogP contribution is 2.11. The number of aliphatic hydroxyl groups excluding tert-OH is 1. The highest BCUT2D eigenvalue weighted by atomic mass is 16.5. The van der Waals surface area contributed by atoms with Crippen molar-refractivity contribution in [2.45, 2.75) is 26.9 Å². The van der Waals surface area contributed by atoms with E-state index in [1.54, 1.807) is 12.3 Å². The van der Waals surface area contributed by atoms with Gasteiger partial charge in [-0.15, -0.1) is 0 Å². The van der Waals surface area contributed by atoms with Crippen molar-refractivity contribution in [2.75, 3.05) is 6.61 Å². The van der Waals surface area contributed by atoms with Crippen LogP contribution in [0.3, 0.4) is 0 Å². The van der Waals surface area contributed by atoms with E-state index in [9.17, 15) is 0 Å². The first-order valence-corrected chi connectivity index (χ1v) is 4.94. The number of nitrogens with zero attached hydrogens (tertiary/aromatic N) is 1. The molecule has 0 amide bonds. The summed E-state index contributed by atoms with van der Waals surface area (Å²) in [5, 5.41) is 8.78. The second-order valence-corrected chi connectivity index (χ2v) is 3.47. The van der Waals surface area contributed by atoms with Crippen molar-refractivity contribution in [1.29, 1.82) is 0 Å². The van der Waals surface area contributed by atoms with Gasteiger partial charge >= 0.3 is 0 Å². The van der Waals surface area contributed by atoms with E-state index in [1.807, 2.05) is 6.07 Å². The summed E-state index contributed by atoms with van der Waals surface area (Å²) in [6.07, 6.45) is 2.76. The lowest BCUT2D eigenvalue weighted by Gasteiger charge is -2.10. The largest absolute Gasteiger partial charge is 0.492 e. The maximum absolute atomic E-state index is 8.78. The second-order valence-electron chi connectivity index (χ2n) is 3.47. The summed E-state index contributed by atoms with van der Waals surface area (Å²) >= 11 is 0. The van der Waals surface area contributed by atoms with Crippen LogP contribution in [0.1, 0.15) is 26.0 Å². The molecule has 0 aliphatic heterocycles. The van der Waals surface area contributed by atoms with Crippen LogP contribution in [0.5, 0.6) is 5.75 Å². The number of rotatable bonds is 5. The van der Waals surface area contributed by atoms with Crippen LogP contribution in [0.2, 0.25) is 0 Å². The number of aromatic nitrogens is 1. The SMILES string of the molecule is CCC(C)COc1ccc(CO)nc1. The summed E-state index contributed by atoms with van der Waals surface area (Å²) in [7, 11) is 0. The lowest BCUT2D eigenvalue weighted by atomic mass is 10.1. The van der Waals surface area contributed by atoms with Crippen molar-refractivity contribution in [2.24, 2.45) is 5.92 Å². The number of ether oxygens (including phenoxy) is 1. The number of pyridine rings is 1. The Labute approximate surface area is 84.7 Å². The van der Waals surface area contributed by atoms with Crippen molar-refractivity contribution >= 4 is 0 Å². The van der Waals surface area contributed by atoms with E-state index in [4.69, 9.17) is 9.84 Å². The molecule has 0 spiro atoms. The molecule has 0 aliphatic carbocycles. The van der Waals surface area contributed by atoms with Gasteiger partial charge in [-0.3, -0.25) is 4.98 Å². The van der Waals surface area contributed by atoms with Gasteiger partial charge in [-0.2, -0.15) is 0 Å². The fraction of sp³-hybridized carbons (Fsp3) is 0.545. The molecule has 78 valence electrons.